The zero-order valence-corrected chi connectivity index (χ0v) is 8.99. The van der Waals surface area contributed by atoms with Crippen molar-refractivity contribution in [3.63, 3.8) is 0 Å². The maximum absolute atomic E-state index is 11.1. The molecule has 2 N–H and O–H groups in total. The van der Waals surface area contributed by atoms with Crippen LogP contribution < -0.4 is 5.73 Å². The second-order valence-electron chi connectivity index (χ2n) is 3.20. The minimum Gasteiger partial charge on any atom is -0.463 e. The standard InChI is InChI=1S/C12H15NO2/c1-3-15-12(14)7-5-10-8-11(13)6-4-9(10)2/h4-8H,3,13H2,1-2H3/b7-5+. The smallest absolute Gasteiger partial charge is 0.330 e. The zero-order chi connectivity index (χ0) is 11.3. The number of benzene rings is 1. The minimum absolute atomic E-state index is 0.334. The van der Waals surface area contributed by atoms with Crippen molar-refractivity contribution in [2.24, 2.45) is 0 Å². The zero-order valence-electron chi connectivity index (χ0n) is 8.99. The van der Waals surface area contributed by atoms with Crippen LogP contribution in [0.5, 0.6) is 0 Å². The first-order valence-electron chi connectivity index (χ1n) is 4.84. The minimum atomic E-state index is -0.334. The lowest BCUT2D eigenvalue weighted by Gasteiger charge is -2.01. The molecule has 1 aromatic rings. The molecule has 15 heavy (non-hydrogen) atoms. The van der Waals surface area contributed by atoms with Crippen molar-refractivity contribution in [1.82, 2.24) is 0 Å². The lowest BCUT2D eigenvalue weighted by Crippen LogP contribution is -1.98. The van der Waals surface area contributed by atoms with Gasteiger partial charge in [0.15, 0.2) is 0 Å². The highest BCUT2D eigenvalue weighted by Crippen LogP contribution is 2.14. The van der Waals surface area contributed by atoms with Gasteiger partial charge in [0.25, 0.3) is 0 Å². The maximum Gasteiger partial charge on any atom is 0.330 e. The first-order chi connectivity index (χ1) is 7.13. The van der Waals surface area contributed by atoms with Gasteiger partial charge in [-0.25, -0.2) is 4.79 Å². The Morgan fingerprint density at radius 3 is 2.93 bits per heavy atom. The van der Waals surface area contributed by atoms with Crippen LogP contribution in [0.25, 0.3) is 6.08 Å². The molecule has 0 saturated heterocycles. The molecular formula is C12H15NO2. The number of carbonyl (C=O) groups is 1. The Bertz CT molecular complexity index is 383. The number of ether oxygens (including phenoxy) is 1. The predicted octanol–water partition coefficient (Wildman–Crippen LogP) is 2.15. The van der Waals surface area contributed by atoms with Crippen molar-refractivity contribution < 1.29 is 9.53 Å². The molecule has 3 heteroatoms. The van der Waals surface area contributed by atoms with Gasteiger partial charge in [-0.15, -0.1) is 0 Å². The second kappa shape index (κ2) is 5.20. The summed E-state index contributed by atoms with van der Waals surface area (Å²) in [4.78, 5) is 11.1. The van der Waals surface area contributed by atoms with Crippen LogP contribution in [0, 0.1) is 6.92 Å². The summed E-state index contributed by atoms with van der Waals surface area (Å²) < 4.78 is 4.78. The number of hydrogen-bond acceptors (Lipinski definition) is 3. The van der Waals surface area contributed by atoms with E-state index >= 15 is 0 Å². The van der Waals surface area contributed by atoms with Gasteiger partial charge in [0, 0.05) is 11.8 Å². The number of aryl methyl sites for hydroxylation is 1. The van der Waals surface area contributed by atoms with E-state index < -0.39 is 0 Å². The molecule has 1 rings (SSSR count). The van der Waals surface area contributed by atoms with Crippen molar-refractivity contribution >= 4 is 17.7 Å². The average molecular weight is 205 g/mol. The topological polar surface area (TPSA) is 52.3 Å². The summed E-state index contributed by atoms with van der Waals surface area (Å²) >= 11 is 0. The Balaban J connectivity index is 2.79. The van der Waals surface area contributed by atoms with Crippen molar-refractivity contribution in [2.75, 3.05) is 12.3 Å². The number of carbonyl (C=O) groups excluding carboxylic acids is 1. The SMILES string of the molecule is CCOC(=O)/C=C/c1cc(N)ccc1C. The van der Waals surface area contributed by atoms with Crippen LogP contribution in [-0.2, 0) is 9.53 Å². The van der Waals surface area contributed by atoms with E-state index in [2.05, 4.69) is 0 Å². The van der Waals surface area contributed by atoms with Gasteiger partial charge >= 0.3 is 5.97 Å². The molecule has 0 aliphatic carbocycles. The summed E-state index contributed by atoms with van der Waals surface area (Å²) in [6.45, 7) is 4.13. The number of nitrogens with two attached hydrogens (primary N) is 1. The lowest BCUT2D eigenvalue weighted by molar-refractivity contribution is -0.137. The van der Waals surface area contributed by atoms with Crippen molar-refractivity contribution in [2.45, 2.75) is 13.8 Å². The van der Waals surface area contributed by atoms with E-state index in [1.165, 1.54) is 6.08 Å². The van der Waals surface area contributed by atoms with Crippen LogP contribution in [0.3, 0.4) is 0 Å². The third-order valence-electron chi connectivity index (χ3n) is 1.99. The average Bonchev–Trinajstić information content (AvgIpc) is 2.20. The van der Waals surface area contributed by atoms with E-state index in [1.807, 2.05) is 25.1 Å². The fourth-order valence-electron chi connectivity index (χ4n) is 1.19. The predicted molar refractivity (Wildman–Crippen MR) is 61.3 cm³/mol. The summed E-state index contributed by atoms with van der Waals surface area (Å²) in [5.41, 5.74) is 8.33. The Kier molecular flexibility index (Phi) is 3.92. The molecule has 0 radical (unpaired) electrons. The normalized spacial score (nSPS) is 10.5. The monoisotopic (exact) mass is 205 g/mol. The molecular weight excluding hydrogens is 190 g/mol. The van der Waals surface area contributed by atoms with Crippen molar-refractivity contribution in [1.29, 1.82) is 0 Å². The van der Waals surface area contributed by atoms with Gasteiger partial charge in [0.2, 0.25) is 0 Å². The van der Waals surface area contributed by atoms with E-state index in [9.17, 15) is 4.79 Å². The summed E-state index contributed by atoms with van der Waals surface area (Å²) in [6, 6.07) is 5.57. The summed E-state index contributed by atoms with van der Waals surface area (Å²) in [7, 11) is 0. The van der Waals surface area contributed by atoms with E-state index in [1.54, 1.807) is 13.0 Å². The molecule has 0 fully saturated rings. The van der Waals surface area contributed by atoms with E-state index in [-0.39, 0.29) is 5.97 Å². The molecule has 3 nitrogen and oxygen atoms in total. The van der Waals surface area contributed by atoms with Gasteiger partial charge in [-0.1, -0.05) is 6.07 Å². The highest BCUT2D eigenvalue weighted by Gasteiger charge is 1.97. The maximum atomic E-state index is 11.1. The highest BCUT2D eigenvalue weighted by atomic mass is 16.5. The molecule has 0 heterocycles. The van der Waals surface area contributed by atoms with Crippen LogP contribution in [-0.4, -0.2) is 12.6 Å². The summed E-state index contributed by atoms with van der Waals surface area (Å²) in [5.74, 6) is -0.334. The summed E-state index contributed by atoms with van der Waals surface area (Å²) in [5, 5.41) is 0. The molecule has 1 aromatic carbocycles. The van der Waals surface area contributed by atoms with Gasteiger partial charge in [0.05, 0.1) is 6.61 Å². The molecule has 80 valence electrons. The number of anilines is 1. The van der Waals surface area contributed by atoms with Gasteiger partial charge in [-0.3, -0.25) is 0 Å². The van der Waals surface area contributed by atoms with Crippen LogP contribution in [0.15, 0.2) is 24.3 Å². The largest absolute Gasteiger partial charge is 0.463 e. The molecule has 0 amide bonds. The van der Waals surface area contributed by atoms with Gasteiger partial charge in [-0.2, -0.15) is 0 Å². The fraction of sp³-hybridized carbons (Fsp3) is 0.250. The number of hydrogen-bond donors (Lipinski definition) is 1. The molecule has 0 unspecified atom stereocenters. The molecule has 0 saturated carbocycles. The van der Waals surface area contributed by atoms with Gasteiger partial charge < -0.3 is 10.5 Å². The van der Waals surface area contributed by atoms with Crippen LogP contribution >= 0.6 is 0 Å². The molecule has 0 aromatic heterocycles. The van der Waals surface area contributed by atoms with Crippen LogP contribution in [0.2, 0.25) is 0 Å². The fourth-order valence-corrected chi connectivity index (χ4v) is 1.19. The van der Waals surface area contributed by atoms with Gasteiger partial charge in [0.1, 0.15) is 0 Å². The Labute approximate surface area is 89.5 Å². The van der Waals surface area contributed by atoms with Crippen molar-refractivity contribution in [3.8, 4) is 0 Å². The third-order valence-corrected chi connectivity index (χ3v) is 1.99. The molecule has 0 aliphatic heterocycles. The summed E-state index contributed by atoms with van der Waals surface area (Å²) in [6.07, 6.45) is 3.12. The van der Waals surface area contributed by atoms with E-state index in [4.69, 9.17) is 10.5 Å². The number of esters is 1. The Morgan fingerprint density at radius 1 is 1.53 bits per heavy atom. The molecule has 0 atom stereocenters. The second-order valence-corrected chi connectivity index (χ2v) is 3.20. The first kappa shape index (κ1) is 11.3. The number of nitrogen functional groups attached to an aromatic ring is 1. The number of rotatable bonds is 3. The molecule has 0 bridgehead atoms. The van der Waals surface area contributed by atoms with Gasteiger partial charge in [-0.05, 0) is 43.2 Å². The molecule has 0 spiro atoms. The third kappa shape index (κ3) is 3.46. The Hall–Kier alpha value is -1.77. The van der Waals surface area contributed by atoms with Crippen LogP contribution in [0.1, 0.15) is 18.1 Å². The molecule has 0 aliphatic rings. The quantitative estimate of drug-likeness (QED) is 0.467. The van der Waals surface area contributed by atoms with E-state index in [0.29, 0.717) is 12.3 Å². The lowest BCUT2D eigenvalue weighted by atomic mass is 10.1. The van der Waals surface area contributed by atoms with Crippen molar-refractivity contribution in [3.05, 3.63) is 35.4 Å². The Morgan fingerprint density at radius 2 is 2.27 bits per heavy atom. The first-order valence-corrected chi connectivity index (χ1v) is 4.84. The van der Waals surface area contributed by atoms with E-state index in [0.717, 1.165) is 11.1 Å². The van der Waals surface area contributed by atoms with Crippen LogP contribution in [0.4, 0.5) is 5.69 Å². The highest BCUT2D eigenvalue weighted by molar-refractivity contribution is 5.87.